The number of ether oxygens (including phenoxy) is 1. The second-order valence-electron chi connectivity index (χ2n) is 9.50. The van der Waals surface area contributed by atoms with Crippen LogP contribution in [0.1, 0.15) is 5.69 Å². The van der Waals surface area contributed by atoms with E-state index in [0.717, 1.165) is 50.7 Å². The molecule has 194 valence electrons. The van der Waals surface area contributed by atoms with E-state index >= 15 is 0 Å². The van der Waals surface area contributed by atoms with Gasteiger partial charge < -0.3 is 24.3 Å². The smallest absolute Gasteiger partial charge is 0.255 e. The number of piperazine rings is 2. The SMILES string of the molecule is COc1ccc(N2CCN(C(=O)Cn3c(N4CCN(c5ccccc5)CC4)nc(C)cc3=O)CC2)cc1. The lowest BCUT2D eigenvalue weighted by molar-refractivity contribution is -0.132. The third-order valence-corrected chi connectivity index (χ3v) is 7.16. The first-order valence-electron chi connectivity index (χ1n) is 12.8. The number of methoxy groups -OCH3 is 1. The van der Waals surface area contributed by atoms with Crippen LogP contribution in [0.15, 0.2) is 65.5 Å². The number of nitrogens with zero attached hydrogens (tertiary/aromatic N) is 6. The zero-order chi connectivity index (χ0) is 25.8. The maximum absolute atomic E-state index is 13.3. The van der Waals surface area contributed by atoms with E-state index in [2.05, 4.69) is 26.8 Å². The first kappa shape index (κ1) is 24.7. The third-order valence-electron chi connectivity index (χ3n) is 7.16. The summed E-state index contributed by atoms with van der Waals surface area (Å²) in [6, 6.07) is 19.8. The minimum Gasteiger partial charge on any atom is -0.497 e. The molecule has 0 aliphatic carbocycles. The number of carbonyl (C=O) groups is 1. The zero-order valence-corrected chi connectivity index (χ0v) is 21.5. The summed E-state index contributed by atoms with van der Waals surface area (Å²) in [6.07, 6.45) is 0. The van der Waals surface area contributed by atoms with Crippen LogP contribution < -0.4 is 25.0 Å². The highest BCUT2D eigenvalue weighted by Gasteiger charge is 2.26. The molecule has 0 bridgehead atoms. The van der Waals surface area contributed by atoms with Crippen molar-refractivity contribution in [3.05, 3.63) is 76.7 Å². The maximum Gasteiger partial charge on any atom is 0.255 e. The van der Waals surface area contributed by atoms with Crippen molar-refractivity contribution in [2.75, 3.05) is 74.2 Å². The van der Waals surface area contributed by atoms with Crippen molar-refractivity contribution in [2.24, 2.45) is 0 Å². The Morgan fingerprint density at radius 3 is 2.00 bits per heavy atom. The van der Waals surface area contributed by atoms with Gasteiger partial charge in [0.2, 0.25) is 11.9 Å². The molecule has 0 radical (unpaired) electrons. The van der Waals surface area contributed by atoms with E-state index in [1.54, 1.807) is 11.7 Å². The normalized spacial score (nSPS) is 16.2. The number of para-hydroxylation sites is 1. The molecule has 0 spiro atoms. The van der Waals surface area contributed by atoms with Crippen LogP contribution >= 0.6 is 0 Å². The lowest BCUT2D eigenvalue weighted by atomic mass is 10.2. The van der Waals surface area contributed by atoms with Gasteiger partial charge in [-0.05, 0) is 43.3 Å². The number of amides is 1. The molecule has 5 rings (SSSR count). The fourth-order valence-corrected chi connectivity index (χ4v) is 5.04. The van der Waals surface area contributed by atoms with Crippen molar-refractivity contribution in [1.82, 2.24) is 14.5 Å². The van der Waals surface area contributed by atoms with Gasteiger partial charge in [-0.25, -0.2) is 4.98 Å². The molecule has 2 aliphatic heterocycles. The van der Waals surface area contributed by atoms with Crippen molar-refractivity contribution in [3.63, 3.8) is 0 Å². The molecule has 0 unspecified atom stereocenters. The number of carbonyl (C=O) groups excluding carboxylic acids is 1. The minimum absolute atomic E-state index is 0.00286. The summed E-state index contributed by atoms with van der Waals surface area (Å²) >= 11 is 0. The summed E-state index contributed by atoms with van der Waals surface area (Å²) < 4.78 is 6.79. The molecule has 2 aromatic carbocycles. The molecule has 2 aliphatic rings. The predicted molar refractivity (Wildman–Crippen MR) is 146 cm³/mol. The molecular weight excluding hydrogens is 468 g/mol. The average Bonchev–Trinajstić information content (AvgIpc) is 2.95. The molecule has 0 N–H and O–H groups in total. The Morgan fingerprint density at radius 1 is 0.811 bits per heavy atom. The van der Waals surface area contributed by atoms with E-state index in [0.29, 0.717) is 24.7 Å². The van der Waals surface area contributed by atoms with Gasteiger partial charge in [0, 0.05) is 75.5 Å². The lowest BCUT2D eigenvalue weighted by Crippen LogP contribution is -2.51. The van der Waals surface area contributed by atoms with Crippen LogP contribution in [0.2, 0.25) is 0 Å². The molecular formula is C28H34N6O3. The van der Waals surface area contributed by atoms with Crippen LogP contribution in [0.3, 0.4) is 0 Å². The van der Waals surface area contributed by atoms with E-state index in [4.69, 9.17) is 9.72 Å². The highest BCUT2D eigenvalue weighted by atomic mass is 16.5. The molecule has 0 saturated carbocycles. The van der Waals surface area contributed by atoms with E-state index in [1.807, 2.05) is 54.3 Å². The number of hydrogen-bond donors (Lipinski definition) is 0. The highest BCUT2D eigenvalue weighted by Crippen LogP contribution is 2.22. The predicted octanol–water partition coefficient (Wildman–Crippen LogP) is 2.24. The lowest BCUT2D eigenvalue weighted by Gasteiger charge is -2.38. The largest absolute Gasteiger partial charge is 0.497 e. The Hall–Kier alpha value is -4.01. The summed E-state index contributed by atoms with van der Waals surface area (Å²) in [5, 5.41) is 0. The zero-order valence-electron chi connectivity index (χ0n) is 21.5. The minimum atomic E-state index is -0.182. The summed E-state index contributed by atoms with van der Waals surface area (Å²) in [7, 11) is 1.66. The molecule has 3 aromatic rings. The molecule has 9 heteroatoms. The van der Waals surface area contributed by atoms with Crippen LogP contribution in [-0.2, 0) is 11.3 Å². The quantitative estimate of drug-likeness (QED) is 0.512. The summed E-state index contributed by atoms with van der Waals surface area (Å²) in [4.78, 5) is 39.6. The van der Waals surface area contributed by atoms with Crippen LogP contribution in [0.5, 0.6) is 5.75 Å². The van der Waals surface area contributed by atoms with Crippen LogP contribution in [0.4, 0.5) is 17.3 Å². The van der Waals surface area contributed by atoms with Gasteiger partial charge in [-0.1, -0.05) is 18.2 Å². The number of anilines is 3. The van der Waals surface area contributed by atoms with Gasteiger partial charge >= 0.3 is 0 Å². The van der Waals surface area contributed by atoms with Gasteiger partial charge in [0.1, 0.15) is 12.3 Å². The second kappa shape index (κ2) is 10.9. The van der Waals surface area contributed by atoms with Crippen molar-refractivity contribution >= 4 is 23.2 Å². The summed E-state index contributed by atoms with van der Waals surface area (Å²) in [5.74, 6) is 1.36. The third kappa shape index (κ3) is 5.55. The number of aromatic nitrogens is 2. The highest BCUT2D eigenvalue weighted by molar-refractivity contribution is 5.77. The fourth-order valence-electron chi connectivity index (χ4n) is 5.04. The van der Waals surface area contributed by atoms with E-state index in [-0.39, 0.29) is 18.0 Å². The van der Waals surface area contributed by atoms with Gasteiger partial charge in [0.15, 0.2) is 0 Å². The molecule has 0 atom stereocenters. The van der Waals surface area contributed by atoms with Gasteiger partial charge in [0.05, 0.1) is 7.11 Å². The van der Waals surface area contributed by atoms with Gasteiger partial charge in [-0.2, -0.15) is 0 Å². The number of rotatable bonds is 6. The van der Waals surface area contributed by atoms with Crippen molar-refractivity contribution in [1.29, 1.82) is 0 Å². The summed E-state index contributed by atoms with van der Waals surface area (Å²) in [5.41, 5.74) is 2.80. The molecule has 37 heavy (non-hydrogen) atoms. The average molecular weight is 503 g/mol. The summed E-state index contributed by atoms with van der Waals surface area (Å²) in [6.45, 7) is 7.68. The van der Waals surface area contributed by atoms with E-state index in [9.17, 15) is 9.59 Å². The molecule has 3 heterocycles. The molecule has 1 amide bonds. The van der Waals surface area contributed by atoms with Crippen LogP contribution in [0.25, 0.3) is 0 Å². The van der Waals surface area contributed by atoms with Crippen molar-refractivity contribution in [2.45, 2.75) is 13.5 Å². The number of aryl methyl sites for hydroxylation is 1. The van der Waals surface area contributed by atoms with Gasteiger partial charge in [-0.15, -0.1) is 0 Å². The Bertz CT molecular complexity index is 1260. The van der Waals surface area contributed by atoms with Gasteiger partial charge in [-0.3, -0.25) is 14.2 Å². The van der Waals surface area contributed by atoms with Gasteiger partial charge in [0.25, 0.3) is 5.56 Å². The monoisotopic (exact) mass is 502 g/mol. The van der Waals surface area contributed by atoms with Crippen LogP contribution in [-0.4, -0.2) is 79.8 Å². The topological polar surface area (TPSA) is 74.2 Å². The fraction of sp³-hybridized carbons (Fsp3) is 0.393. The Balaban J connectivity index is 1.24. The van der Waals surface area contributed by atoms with E-state index < -0.39 is 0 Å². The van der Waals surface area contributed by atoms with Crippen molar-refractivity contribution in [3.8, 4) is 5.75 Å². The molecule has 1 aromatic heterocycles. The standard InChI is InChI=1S/C28H34N6O3/c1-22-20-26(35)34(28(29-22)33-18-14-30(15-19-33)23-6-4-3-5-7-23)21-27(36)32-16-12-31(13-17-32)24-8-10-25(37-2)11-9-24/h3-11,20H,12-19,21H2,1-2H3. The Labute approximate surface area is 217 Å². The molecule has 9 nitrogen and oxygen atoms in total. The molecule has 2 fully saturated rings. The number of hydrogen-bond acceptors (Lipinski definition) is 7. The van der Waals surface area contributed by atoms with Crippen molar-refractivity contribution < 1.29 is 9.53 Å². The van der Waals surface area contributed by atoms with Crippen LogP contribution in [0, 0.1) is 6.92 Å². The maximum atomic E-state index is 13.3. The first-order chi connectivity index (χ1) is 18.0. The Morgan fingerprint density at radius 2 is 1.38 bits per heavy atom. The Kier molecular flexibility index (Phi) is 7.30. The van der Waals surface area contributed by atoms with E-state index in [1.165, 1.54) is 11.8 Å². The number of benzene rings is 2. The first-order valence-corrected chi connectivity index (χ1v) is 12.8. The molecule has 2 saturated heterocycles. The second-order valence-corrected chi connectivity index (χ2v) is 9.50.